The Morgan fingerprint density at radius 1 is 1.31 bits per heavy atom. The van der Waals surface area contributed by atoms with Crippen molar-refractivity contribution in [2.24, 2.45) is 5.92 Å². The Balaban J connectivity index is 1.87. The van der Waals surface area contributed by atoms with Gasteiger partial charge in [0.25, 0.3) is 5.91 Å². The second-order valence-corrected chi connectivity index (χ2v) is 8.88. The number of carbonyl (C=O) groups is 2. The van der Waals surface area contributed by atoms with Crippen LogP contribution in [0.15, 0.2) is 18.2 Å². The molecule has 1 fully saturated rings. The molecule has 26 heavy (non-hydrogen) atoms. The Bertz CT molecular complexity index is 667. The summed E-state index contributed by atoms with van der Waals surface area (Å²) in [5, 5.41) is 0. The van der Waals surface area contributed by atoms with E-state index in [-0.39, 0.29) is 17.8 Å². The van der Waals surface area contributed by atoms with E-state index in [0.29, 0.717) is 34.7 Å². The molecule has 0 radical (unpaired) electrons. The van der Waals surface area contributed by atoms with Crippen LogP contribution in [0.25, 0.3) is 0 Å². The van der Waals surface area contributed by atoms with Crippen LogP contribution in [0.3, 0.4) is 0 Å². The van der Waals surface area contributed by atoms with E-state index in [0.717, 1.165) is 12.8 Å². The number of nitrogens with zero attached hydrogens (tertiary/aromatic N) is 2. The Morgan fingerprint density at radius 2 is 1.92 bits per heavy atom. The third-order valence-corrected chi connectivity index (χ3v) is 5.19. The van der Waals surface area contributed by atoms with E-state index < -0.39 is 5.60 Å². The van der Waals surface area contributed by atoms with Crippen LogP contribution < -0.4 is 0 Å². The van der Waals surface area contributed by atoms with Gasteiger partial charge in [0.15, 0.2) is 0 Å². The zero-order chi connectivity index (χ0) is 19.5. The van der Waals surface area contributed by atoms with Crippen molar-refractivity contribution in [2.45, 2.75) is 39.2 Å². The third kappa shape index (κ3) is 5.82. The van der Waals surface area contributed by atoms with Crippen molar-refractivity contribution in [3.05, 3.63) is 33.1 Å². The molecule has 1 heterocycles. The summed E-state index contributed by atoms with van der Waals surface area (Å²) in [4.78, 5) is 28.1. The van der Waals surface area contributed by atoms with Crippen LogP contribution in [0.1, 0.15) is 44.0 Å². The van der Waals surface area contributed by atoms with Gasteiger partial charge in [-0.25, -0.2) is 9.18 Å². The fourth-order valence-corrected chi connectivity index (χ4v) is 3.66. The number of halogens is 2. The molecule has 0 spiro atoms. The lowest BCUT2D eigenvalue weighted by Gasteiger charge is -2.34. The molecule has 1 saturated heterocycles. The predicted octanol–water partition coefficient (Wildman–Crippen LogP) is 4.15. The normalized spacial score (nSPS) is 15.7. The van der Waals surface area contributed by atoms with Gasteiger partial charge in [0.2, 0.25) is 0 Å². The number of likely N-dealkylation sites (tertiary alicyclic amines) is 1. The largest absolute Gasteiger partial charge is 0.444 e. The Kier molecular flexibility index (Phi) is 6.87. The minimum absolute atomic E-state index is 0.0617. The third-order valence-electron chi connectivity index (χ3n) is 4.30. The highest BCUT2D eigenvalue weighted by atomic mass is 127. The first-order chi connectivity index (χ1) is 12.1. The number of carbonyl (C=O) groups excluding carboxylic acids is 2. The summed E-state index contributed by atoms with van der Waals surface area (Å²) in [6.45, 7) is 7.43. The minimum Gasteiger partial charge on any atom is -0.444 e. The van der Waals surface area contributed by atoms with Gasteiger partial charge in [0.05, 0.1) is 5.56 Å². The maximum Gasteiger partial charge on any atom is 0.410 e. The van der Waals surface area contributed by atoms with E-state index in [2.05, 4.69) is 0 Å². The molecule has 1 aliphatic heterocycles. The number of ether oxygens (including phenoxy) is 1. The second kappa shape index (κ2) is 8.54. The van der Waals surface area contributed by atoms with Gasteiger partial charge in [0, 0.05) is 30.3 Å². The van der Waals surface area contributed by atoms with Gasteiger partial charge in [0.1, 0.15) is 11.4 Å². The first-order valence-electron chi connectivity index (χ1n) is 8.75. The van der Waals surface area contributed by atoms with E-state index in [1.807, 2.05) is 43.4 Å². The average Bonchev–Trinajstić information content (AvgIpc) is 2.53. The van der Waals surface area contributed by atoms with Crippen LogP contribution in [-0.4, -0.2) is 54.1 Å². The quantitative estimate of drug-likeness (QED) is 0.617. The Morgan fingerprint density at radius 3 is 2.46 bits per heavy atom. The summed E-state index contributed by atoms with van der Waals surface area (Å²) in [5.74, 6) is -0.0629. The summed E-state index contributed by atoms with van der Waals surface area (Å²) >= 11 is 1.99. The summed E-state index contributed by atoms with van der Waals surface area (Å²) in [6.07, 6.45) is 1.34. The van der Waals surface area contributed by atoms with Crippen molar-refractivity contribution in [2.75, 3.05) is 26.7 Å². The molecule has 0 atom stereocenters. The zero-order valence-corrected chi connectivity index (χ0v) is 17.9. The van der Waals surface area contributed by atoms with Crippen molar-refractivity contribution in [3.8, 4) is 0 Å². The molecular formula is C19H26FIN2O3. The van der Waals surface area contributed by atoms with Crippen LogP contribution in [0.5, 0.6) is 0 Å². The fraction of sp³-hybridized carbons (Fsp3) is 0.579. The number of hydrogen-bond acceptors (Lipinski definition) is 3. The molecule has 1 aliphatic rings. The Labute approximate surface area is 168 Å². The molecule has 1 aromatic rings. The molecule has 0 saturated carbocycles. The topological polar surface area (TPSA) is 49.9 Å². The zero-order valence-electron chi connectivity index (χ0n) is 15.7. The maximum absolute atomic E-state index is 13.2. The molecule has 0 N–H and O–H groups in total. The summed E-state index contributed by atoms with van der Waals surface area (Å²) in [7, 11) is 1.74. The first kappa shape index (κ1) is 20.9. The monoisotopic (exact) mass is 476 g/mol. The van der Waals surface area contributed by atoms with Crippen molar-refractivity contribution < 1.29 is 18.7 Å². The lowest BCUT2D eigenvalue weighted by molar-refractivity contribution is 0.0246. The van der Waals surface area contributed by atoms with E-state index in [1.165, 1.54) is 12.1 Å². The van der Waals surface area contributed by atoms with Crippen LogP contribution in [0.2, 0.25) is 0 Å². The van der Waals surface area contributed by atoms with E-state index in [4.69, 9.17) is 4.74 Å². The first-order valence-corrected chi connectivity index (χ1v) is 9.83. The highest BCUT2D eigenvalue weighted by molar-refractivity contribution is 14.1. The van der Waals surface area contributed by atoms with Gasteiger partial charge in [-0.2, -0.15) is 0 Å². The standard InChI is InChI=1S/C19H26FIN2O3/c1-19(2,3)26-18(25)22(4)12-13-7-9-23(10-8-13)17(24)15-6-5-14(20)11-16(15)21/h5-6,11,13H,7-10,12H2,1-4H3. The number of amides is 2. The van der Waals surface area contributed by atoms with Crippen LogP contribution in [0, 0.1) is 15.3 Å². The lowest BCUT2D eigenvalue weighted by atomic mass is 9.96. The Hall–Kier alpha value is -1.38. The fourth-order valence-electron chi connectivity index (χ4n) is 2.95. The average molecular weight is 476 g/mol. The van der Waals surface area contributed by atoms with E-state index in [1.54, 1.807) is 22.9 Å². The SMILES string of the molecule is CN(CC1CCN(C(=O)c2ccc(F)cc2I)CC1)C(=O)OC(C)(C)C. The van der Waals surface area contributed by atoms with Gasteiger partial charge in [-0.05, 0) is 80.3 Å². The van der Waals surface area contributed by atoms with Gasteiger partial charge in [-0.1, -0.05) is 0 Å². The molecule has 2 amide bonds. The van der Waals surface area contributed by atoms with Crippen molar-refractivity contribution in [3.63, 3.8) is 0 Å². The van der Waals surface area contributed by atoms with Gasteiger partial charge in [-0.15, -0.1) is 0 Å². The number of piperidine rings is 1. The van der Waals surface area contributed by atoms with E-state index in [9.17, 15) is 14.0 Å². The summed E-state index contributed by atoms with van der Waals surface area (Å²) in [5.41, 5.74) is 0.0317. The van der Waals surface area contributed by atoms with Gasteiger partial charge >= 0.3 is 6.09 Å². The van der Waals surface area contributed by atoms with Gasteiger partial charge in [-0.3, -0.25) is 4.79 Å². The number of benzene rings is 1. The van der Waals surface area contributed by atoms with Crippen LogP contribution in [-0.2, 0) is 4.74 Å². The molecule has 0 bridgehead atoms. The predicted molar refractivity (Wildman–Crippen MR) is 107 cm³/mol. The number of rotatable bonds is 3. The maximum atomic E-state index is 13.2. The highest BCUT2D eigenvalue weighted by Crippen LogP contribution is 2.23. The van der Waals surface area contributed by atoms with Crippen molar-refractivity contribution >= 4 is 34.6 Å². The molecule has 1 aromatic carbocycles. The van der Waals surface area contributed by atoms with Crippen molar-refractivity contribution in [1.82, 2.24) is 9.80 Å². The van der Waals surface area contributed by atoms with Crippen LogP contribution in [0.4, 0.5) is 9.18 Å². The molecule has 0 unspecified atom stereocenters. The van der Waals surface area contributed by atoms with Crippen molar-refractivity contribution in [1.29, 1.82) is 0 Å². The summed E-state index contributed by atoms with van der Waals surface area (Å²) in [6, 6.07) is 4.23. The molecule has 2 rings (SSSR count). The molecule has 5 nitrogen and oxygen atoms in total. The molecular weight excluding hydrogens is 450 g/mol. The molecule has 0 aromatic heterocycles. The highest BCUT2D eigenvalue weighted by Gasteiger charge is 2.27. The van der Waals surface area contributed by atoms with Gasteiger partial charge < -0.3 is 14.5 Å². The summed E-state index contributed by atoms with van der Waals surface area (Å²) < 4.78 is 19.2. The molecule has 7 heteroatoms. The minimum atomic E-state index is -0.507. The molecule has 0 aliphatic carbocycles. The van der Waals surface area contributed by atoms with E-state index >= 15 is 0 Å². The van der Waals surface area contributed by atoms with Crippen LogP contribution >= 0.6 is 22.6 Å². The second-order valence-electron chi connectivity index (χ2n) is 7.72. The lowest BCUT2D eigenvalue weighted by Crippen LogP contribution is -2.43. The molecule has 144 valence electrons. The smallest absolute Gasteiger partial charge is 0.410 e. The number of hydrogen-bond donors (Lipinski definition) is 0.